The first-order chi connectivity index (χ1) is 7.04. The molecule has 15 heavy (non-hydrogen) atoms. The number of halogens is 1. The molecule has 2 rings (SSSR count). The van der Waals surface area contributed by atoms with Crippen molar-refractivity contribution in [3.63, 3.8) is 0 Å². The van der Waals surface area contributed by atoms with Crippen LogP contribution in [0.2, 0.25) is 0 Å². The van der Waals surface area contributed by atoms with Crippen molar-refractivity contribution in [2.75, 3.05) is 5.32 Å². The molecule has 78 valence electrons. The molecule has 1 unspecified atom stereocenters. The Morgan fingerprint density at radius 1 is 1.53 bits per heavy atom. The van der Waals surface area contributed by atoms with E-state index in [9.17, 15) is 9.90 Å². The highest BCUT2D eigenvalue weighted by molar-refractivity contribution is 9.11. The van der Waals surface area contributed by atoms with Crippen molar-refractivity contribution in [1.29, 1.82) is 0 Å². The van der Waals surface area contributed by atoms with Crippen LogP contribution in [0.25, 0.3) is 0 Å². The molecule has 0 aromatic heterocycles. The molecule has 1 aliphatic rings. The van der Waals surface area contributed by atoms with E-state index in [2.05, 4.69) is 27.8 Å². The lowest BCUT2D eigenvalue weighted by atomic mass is 9.92. The quantitative estimate of drug-likeness (QED) is 0.863. The van der Waals surface area contributed by atoms with E-state index in [4.69, 9.17) is 0 Å². The summed E-state index contributed by atoms with van der Waals surface area (Å²) >= 11 is 3.16. The van der Waals surface area contributed by atoms with Crippen LogP contribution in [0.5, 0.6) is 0 Å². The molecule has 1 atom stereocenters. The molecular formula is C11H10BrNO2. The lowest BCUT2D eigenvalue weighted by Gasteiger charge is -2.19. The third-order valence-corrected chi connectivity index (χ3v) is 2.72. The van der Waals surface area contributed by atoms with Gasteiger partial charge in [0.15, 0.2) is 5.60 Å². The van der Waals surface area contributed by atoms with Gasteiger partial charge in [-0.2, -0.15) is 0 Å². The fourth-order valence-electron chi connectivity index (χ4n) is 1.75. The average Bonchev–Trinajstić information content (AvgIpc) is 2.39. The zero-order valence-corrected chi connectivity index (χ0v) is 9.54. The number of carbonyl (C=O) groups is 1. The highest BCUT2D eigenvalue weighted by atomic mass is 79.9. The van der Waals surface area contributed by atoms with Crippen LogP contribution in [0.15, 0.2) is 35.3 Å². The van der Waals surface area contributed by atoms with Gasteiger partial charge < -0.3 is 10.4 Å². The second-order valence-electron chi connectivity index (χ2n) is 3.55. The standard InChI is InChI=1S/C11H10BrNO2/c1-7(12)6-11(15)8-4-2-3-5-9(8)13-10(11)14/h2-5,15H,1,6H2,(H,13,14). The fourth-order valence-corrected chi connectivity index (χ4v) is 2.16. The first kappa shape index (κ1) is 10.4. The Kier molecular flexibility index (Phi) is 2.40. The molecule has 1 amide bonds. The van der Waals surface area contributed by atoms with Crippen molar-refractivity contribution in [1.82, 2.24) is 0 Å². The first-order valence-corrected chi connectivity index (χ1v) is 5.30. The van der Waals surface area contributed by atoms with Gasteiger partial charge in [0.25, 0.3) is 5.91 Å². The third-order valence-electron chi connectivity index (χ3n) is 2.44. The average molecular weight is 268 g/mol. The van der Waals surface area contributed by atoms with Crippen molar-refractivity contribution in [2.24, 2.45) is 0 Å². The van der Waals surface area contributed by atoms with Crippen molar-refractivity contribution in [3.05, 3.63) is 40.9 Å². The highest BCUT2D eigenvalue weighted by Crippen LogP contribution is 2.40. The van der Waals surface area contributed by atoms with Gasteiger partial charge in [0.1, 0.15) is 0 Å². The zero-order valence-electron chi connectivity index (χ0n) is 7.96. The summed E-state index contributed by atoms with van der Waals surface area (Å²) in [6.45, 7) is 3.65. The minimum atomic E-state index is -1.49. The molecule has 0 saturated heterocycles. The van der Waals surface area contributed by atoms with Crippen LogP contribution in [0.1, 0.15) is 12.0 Å². The van der Waals surface area contributed by atoms with Crippen molar-refractivity contribution in [3.8, 4) is 0 Å². The molecular weight excluding hydrogens is 258 g/mol. The van der Waals surface area contributed by atoms with Gasteiger partial charge in [0.2, 0.25) is 0 Å². The lowest BCUT2D eigenvalue weighted by molar-refractivity contribution is -0.133. The summed E-state index contributed by atoms with van der Waals surface area (Å²) in [6.07, 6.45) is 0.176. The van der Waals surface area contributed by atoms with E-state index in [0.717, 1.165) is 0 Å². The van der Waals surface area contributed by atoms with E-state index in [1.807, 2.05) is 6.07 Å². The van der Waals surface area contributed by atoms with Gasteiger partial charge in [-0.15, -0.1) is 0 Å². The number of hydrogen-bond acceptors (Lipinski definition) is 2. The van der Waals surface area contributed by atoms with Crippen LogP contribution in [-0.2, 0) is 10.4 Å². The maximum absolute atomic E-state index is 11.7. The molecule has 0 radical (unpaired) electrons. The van der Waals surface area contributed by atoms with Crippen LogP contribution in [-0.4, -0.2) is 11.0 Å². The monoisotopic (exact) mass is 267 g/mol. The highest BCUT2D eigenvalue weighted by Gasteiger charge is 2.44. The Morgan fingerprint density at radius 2 is 2.20 bits per heavy atom. The summed E-state index contributed by atoms with van der Waals surface area (Å²) in [5, 5.41) is 12.9. The summed E-state index contributed by atoms with van der Waals surface area (Å²) in [5.41, 5.74) is -0.216. The summed E-state index contributed by atoms with van der Waals surface area (Å²) in [4.78, 5) is 11.7. The van der Waals surface area contributed by atoms with E-state index in [-0.39, 0.29) is 6.42 Å². The van der Waals surface area contributed by atoms with Gasteiger partial charge in [-0.3, -0.25) is 4.79 Å². The molecule has 1 aromatic carbocycles. The number of nitrogens with one attached hydrogen (secondary N) is 1. The summed E-state index contributed by atoms with van der Waals surface area (Å²) < 4.78 is 0.594. The molecule has 2 N–H and O–H groups in total. The summed E-state index contributed by atoms with van der Waals surface area (Å²) in [7, 11) is 0. The Morgan fingerprint density at radius 3 is 2.87 bits per heavy atom. The molecule has 4 heteroatoms. The van der Waals surface area contributed by atoms with E-state index in [0.29, 0.717) is 15.7 Å². The van der Waals surface area contributed by atoms with Gasteiger partial charge in [0.05, 0.1) is 0 Å². The van der Waals surface area contributed by atoms with Crippen molar-refractivity contribution >= 4 is 27.5 Å². The number of aliphatic hydroxyl groups is 1. The van der Waals surface area contributed by atoms with E-state index in [1.165, 1.54) is 0 Å². The van der Waals surface area contributed by atoms with Crippen LogP contribution in [0.3, 0.4) is 0 Å². The Bertz CT molecular complexity index is 444. The number of fused-ring (bicyclic) bond motifs is 1. The van der Waals surface area contributed by atoms with E-state index in [1.54, 1.807) is 18.2 Å². The number of carbonyl (C=O) groups excluding carboxylic acids is 1. The van der Waals surface area contributed by atoms with Gasteiger partial charge in [-0.1, -0.05) is 40.7 Å². The van der Waals surface area contributed by atoms with E-state index >= 15 is 0 Å². The number of anilines is 1. The molecule has 1 heterocycles. The first-order valence-electron chi connectivity index (χ1n) is 4.50. The second-order valence-corrected chi connectivity index (χ2v) is 4.68. The molecule has 0 aliphatic carbocycles. The molecule has 1 aliphatic heterocycles. The van der Waals surface area contributed by atoms with Gasteiger partial charge >= 0.3 is 0 Å². The van der Waals surface area contributed by atoms with Crippen LogP contribution in [0.4, 0.5) is 5.69 Å². The SMILES string of the molecule is C=C(Br)CC1(O)C(=O)Nc2ccccc21. The maximum atomic E-state index is 11.7. The molecule has 0 fully saturated rings. The summed E-state index contributed by atoms with van der Waals surface area (Å²) in [5.74, 6) is -0.399. The van der Waals surface area contributed by atoms with Crippen molar-refractivity contribution in [2.45, 2.75) is 12.0 Å². The van der Waals surface area contributed by atoms with Crippen LogP contribution in [0, 0.1) is 0 Å². The molecule has 0 saturated carbocycles. The number of para-hydroxylation sites is 1. The Labute approximate surface area is 95.9 Å². The topological polar surface area (TPSA) is 49.3 Å². The number of amides is 1. The van der Waals surface area contributed by atoms with Crippen molar-refractivity contribution < 1.29 is 9.90 Å². The third kappa shape index (κ3) is 1.60. The predicted octanol–water partition coefficient (Wildman–Crippen LogP) is 2.12. The second kappa shape index (κ2) is 3.47. The van der Waals surface area contributed by atoms with E-state index < -0.39 is 11.5 Å². The summed E-state index contributed by atoms with van der Waals surface area (Å²) in [6, 6.07) is 7.11. The number of benzene rings is 1. The Balaban J connectivity index is 2.49. The molecule has 1 aromatic rings. The lowest BCUT2D eigenvalue weighted by Crippen LogP contribution is -2.34. The van der Waals surface area contributed by atoms with Gasteiger partial charge in [-0.05, 0) is 10.5 Å². The Hall–Kier alpha value is -1.13. The number of rotatable bonds is 2. The molecule has 0 bridgehead atoms. The fraction of sp³-hybridized carbons (Fsp3) is 0.182. The molecule has 0 spiro atoms. The minimum absolute atomic E-state index is 0.176. The maximum Gasteiger partial charge on any atom is 0.261 e. The van der Waals surface area contributed by atoms with Gasteiger partial charge in [0, 0.05) is 17.7 Å². The van der Waals surface area contributed by atoms with Crippen LogP contribution >= 0.6 is 15.9 Å². The largest absolute Gasteiger partial charge is 0.375 e. The molecule has 3 nitrogen and oxygen atoms in total. The van der Waals surface area contributed by atoms with Crippen LogP contribution < -0.4 is 5.32 Å². The normalized spacial score (nSPS) is 23.5. The number of hydrogen-bond donors (Lipinski definition) is 2. The zero-order chi connectivity index (χ0) is 11.1. The smallest absolute Gasteiger partial charge is 0.261 e. The predicted molar refractivity (Wildman–Crippen MR) is 61.7 cm³/mol. The minimum Gasteiger partial charge on any atom is -0.375 e. The van der Waals surface area contributed by atoms with Gasteiger partial charge in [-0.25, -0.2) is 0 Å².